The highest BCUT2D eigenvalue weighted by Gasteiger charge is 2.14. The lowest BCUT2D eigenvalue weighted by Crippen LogP contribution is -2.22. The topological polar surface area (TPSA) is 50.1 Å². The van der Waals surface area contributed by atoms with Crippen LogP contribution in [-0.4, -0.2) is 11.6 Å². The van der Waals surface area contributed by atoms with Gasteiger partial charge in [-0.1, -0.05) is 24.3 Å². The van der Waals surface area contributed by atoms with E-state index in [1.54, 1.807) is 6.08 Å². The lowest BCUT2D eigenvalue weighted by molar-refractivity contribution is -0.148. The number of hydrogen-bond donors (Lipinski definition) is 0. The van der Waals surface area contributed by atoms with Gasteiger partial charge in [-0.3, -0.25) is 0 Å². The molecule has 0 fully saturated rings. The van der Waals surface area contributed by atoms with Gasteiger partial charge in [0, 0.05) is 6.08 Å². The number of hydrogen-bond acceptors (Lipinski definition) is 3. The van der Waals surface area contributed by atoms with Crippen LogP contribution in [-0.2, 0) is 9.53 Å². The van der Waals surface area contributed by atoms with Crippen LogP contribution < -0.4 is 0 Å². The van der Waals surface area contributed by atoms with Crippen LogP contribution in [0.3, 0.4) is 0 Å². The molecule has 0 spiro atoms. The Morgan fingerprint density at radius 3 is 2.38 bits per heavy atom. The average Bonchev–Trinajstić information content (AvgIpc) is 2.42. The first-order chi connectivity index (χ1) is 9.89. The fourth-order valence-corrected chi connectivity index (χ4v) is 1.99. The van der Waals surface area contributed by atoms with Crippen molar-refractivity contribution in [3.8, 4) is 6.07 Å². The average molecular weight is 279 g/mol. The summed E-state index contributed by atoms with van der Waals surface area (Å²) in [6.45, 7) is 5.44. The van der Waals surface area contributed by atoms with Gasteiger partial charge in [-0.15, -0.1) is 0 Å². The van der Waals surface area contributed by atoms with E-state index in [0.29, 0.717) is 11.1 Å². The monoisotopic (exact) mass is 279 g/mol. The van der Waals surface area contributed by atoms with Crippen LogP contribution >= 0.6 is 0 Å². The Balaban J connectivity index is 2.33. The van der Waals surface area contributed by atoms with Crippen LogP contribution in [0.5, 0.6) is 0 Å². The number of esters is 1. The zero-order valence-electron chi connectivity index (χ0n) is 12.4. The van der Waals surface area contributed by atoms with E-state index in [1.165, 1.54) is 6.08 Å². The van der Waals surface area contributed by atoms with E-state index in [2.05, 4.69) is 6.07 Å². The van der Waals surface area contributed by atoms with Gasteiger partial charge in [-0.2, -0.15) is 5.26 Å². The van der Waals surface area contributed by atoms with Crippen molar-refractivity contribution in [3.63, 3.8) is 0 Å². The second-order valence-corrected chi connectivity index (χ2v) is 5.77. The maximum absolute atomic E-state index is 11.7. The van der Waals surface area contributed by atoms with Crippen molar-refractivity contribution in [2.75, 3.05) is 0 Å². The standard InChI is InChI=1S/C18H17NO2/c1-18(2,3)21-17(20)9-8-15-10-13-6-4-5-7-14(13)11-16(15)12-19/h4-11H,1-3H3/b9-8+. The molecular formula is C18H17NO2. The molecule has 2 rings (SSSR count). The first kappa shape index (κ1) is 14.8. The molecule has 2 aromatic rings. The van der Waals surface area contributed by atoms with E-state index < -0.39 is 11.6 Å². The van der Waals surface area contributed by atoms with Crippen LogP contribution in [0.2, 0.25) is 0 Å². The molecule has 0 bridgehead atoms. The molecule has 0 N–H and O–H groups in total. The van der Waals surface area contributed by atoms with Crippen molar-refractivity contribution >= 4 is 22.8 Å². The molecule has 0 heterocycles. The van der Waals surface area contributed by atoms with Gasteiger partial charge in [0.15, 0.2) is 0 Å². The van der Waals surface area contributed by atoms with Gasteiger partial charge in [-0.25, -0.2) is 4.79 Å². The Kier molecular flexibility index (Phi) is 4.09. The molecule has 0 saturated heterocycles. The van der Waals surface area contributed by atoms with Crippen molar-refractivity contribution < 1.29 is 9.53 Å². The van der Waals surface area contributed by atoms with E-state index in [4.69, 9.17) is 4.74 Å². The predicted octanol–water partition coefficient (Wildman–Crippen LogP) is 4.07. The molecule has 0 aromatic heterocycles. The number of carbonyl (C=O) groups excluding carboxylic acids is 1. The molecule has 0 aliphatic rings. The minimum absolute atomic E-state index is 0.417. The summed E-state index contributed by atoms with van der Waals surface area (Å²) in [5.41, 5.74) is 0.721. The number of nitrogens with zero attached hydrogens (tertiary/aromatic N) is 1. The fourth-order valence-electron chi connectivity index (χ4n) is 1.99. The Morgan fingerprint density at radius 2 is 1.81 bits per heavy atom. The molecule has 3 nitrogen and oxygen atoms in total. The minimum Gasteiger partial charge on any atom is -0.457 e. The maximum atomic E-state index is 11.7. The van der Waals surface area contributed by atoms with Crippen LogP contribution in [0.25, 0.3) is 16.8 Å². The summed E-state index contributed by atoms with van der Waals surface area (Å²) >= 11 is 0. The second kappa shape index (κ2) is 5.80. The number of nitriles is 1. The highest BCUT2D eigenvalue weighted by molar-refractivity contribution is 5.91. The Bertz CT molecular complexity index is 746. The van der Waals surface area contributed by atoms with Gasteiger partial charge in [0.25, 0.3) is 0 Å². The molecule has 0 radical (unpaired) electrons. The van der Waals surface area contributed by atoms with Crippen LogP contribution in [0.4, 0.5) is 0 Å². The van der Waals surface area contributed by atoms with Crippen LogP contribution in [0.15, 0.2) is 42.5 Å². The summed E-state index contributed by atoms with van der Waals surface area (Å²) in [5.74, 6) is -0.417. The molecule has 21 heavy (non-hydrogen) atoms. The van der Waals surface area contributed by atoms with Crippen molar-refractivity contribution in [3.05, 3.63) is 53.6 Å². The molecule has 3 heteroatoms. The zero-order valence-corrected chi connectivity index (χ0v) is 12.4. The fraction of sp³-hybridized carbons (Fsp3) is 0.222. The van der Waals surface area contributed by atoms with Gasteiger partial charge in [-0.05, 0) is 55.3 Å². The number of benzene rings is 2. The summed E-state index contributed by atoms with van der Waals surface area (Å²) in [7, 11) is 0. The van der Waals surface area contributed by atoms with Crippen LogP contribution in [0, 0.1) is 11.3 Å². The summed E-state index contributed by atoms with van der Waals surface area (Å²) in [4.78, 5) is 11.7. The summed E-state index contributed by atoms with van der Waals surface area (Å²) in [5, 5.41) is 11.3. The van der Waals surface area contributed by atoms with Crippen LogP contribution in [0.1, 0.15) is 31.9 Å². The van der Waals surface area contributed by atoms with Crippen molar-refractivity contribution in [2.24, 2.45) is 0 Å². The first-order valence-corrected chi connectivity index (χ1v) is 6.73. The number of carbonyl (C=O) groups is 1. The number of ether oxygens (including phenoxy) is 1. The van der Waals surface area contributed by atoms with Gasteiger partial charge >= 0.3 is 5.97 Å². The van der Waals surface area contributed by atoms with Gasteiger partial charge < -0.3 is 4.74 Å². The summed E-state index contributed by atoms with van der Waals surface area (Å²) in [6.07, 6.45) is 2.98. The van der Waals surface area contributed by atoms with E-state index >= 15 is 0 Å². The summed E-state index contributed by atoms with van der Waals surface area (Å²) < 4.78 is 5.21. The van der Waals surface area contributed by atoms with Crippen molar-refractivity contribution in [1.82, 2.24) is 0 Å². The van der Waals surface area contributed by atoms with E-state index in [9.17, 15) is 10.1 Å². The Morgan fingerprint density at radius 1 is 1.19 bits per heavy atom. The molecule has 0 saturated carbocycles. The first-order valence-electron chi connectivity index (χ1n) is 6.73. The molecular weight excluding hydrogens is 262 g/mol. The smallest absolute Gasteiger partial charge is 0.331 e. The normalized spacial score (nSPS) is 11.5. The van der Waals surface area contributed by atoms with E-state index in [0.717, 1.165) is 10.8 Å². The van der Waals surface area contributed by atoms with Crippen molar-refractivity contribution in [2.45, 2.75) is 26.4 Å². The molecule has 0 aliphatic heterocycles. The van der Waals surface area contributed by atoms with Gasteiger partial charge in [0.05, 0.1) is 11.6 Å². The summed E-state index contributed by atoms with van der Waals surface area (Å²) in [6, 6.07) is 13.7. The zero-order chi connectivity index (χ0) is 15.5. The molecule has 106 valence electrons. The molecule has 0 amide bonds. The maximum Gasteiger partial charge on any atom is 0.331 e. The second-order valence-electron chi connectivity index (χ2n) is 5.77. The van der Waals surface area contributed by atoms with Gasteiger partial charge in [0.1, 0.15) is 5.60 Å². The van der Waals surface area contributed by atoms with E-state index in [1.807, 2.05) is 57.2 Å². The molecule has 0 unspecified atom stereocenters. The Labute approximate surface area is 124 Å². The third-order valence-electron chi connectivity index (χ3n) is 2.84. The highest BCUT2D eigenvalue weighted by atomic mass is 16.6. The largest absolute Gasteiger partial charge is 0.457 e. The molecule has 0 aliphatic carbocycles. The quantitative estimate of drug-likeness (QED) is 0.615. The Hall–Kier alpha value is -2.60. The lowest BCUT2D eigenvalue weighted by atomic mass is 10.0. The van der Waals surface area contributed by atoms with E-state index in [-0.39, 0.29) is 0 Å². The number of rotatable bonds is 2. The SMILES string of the molecule is CC(C)(C)OC(=O)/C=C/c1cc2ccccc2cc1C#N. The third-order valence-corrected chi connectivity index (χ3v) is 2.84. The minimum atomic E-state index is -0.525. The highest BCUT2D eigenvalue weighted by Crippen LogP contribution is 2.21. The lowest BCUT2D eigenvalue weighted by Gasteiger charge is -2.17. The molecule has 2 aromatic carbocycles. The third kappa shape index (κ3) is 3.93. The number of fused-ring (bicyclic) bond motifs is 1. The van der Waals surface area contributed by atoms with Gasteiger partial charge in [0.2, 0.25) is 0 Å². The van der Waals surface area contributed by atoms with Crippen molar-refractivity contribution in [1.29, 1.82) is 5.26 Å². The predicted molar refractivity (Wildman–Crippen MR) is 83.5 cm³/mol. The molecule has 0 atom stereocenters.